The van der Waals surface area contributed by atoms with Gasteiger partial charge in [0.1, 0.15) is 0 Å². The first-order valence-corrected chi connectivity index (χ1v) is 12.5. The number of nitrogens with two attached hydrogens (primary N) is 2. The lowest BCUT2D eigenvalue weighted by atomic mass is 10.0. The van der Waals surface area contributed by atoms with E-state index in [4.69, 9.17) is 32.8 Å². The lowest BCUT2D eigenvalue weighted by Crippen LogP contribution is -2.47. The van der Waals surface area contributed by atoms with Crippen LogP contribution in [-0.4, -0.2) is 58.0 Å². The zero-order valence-electron chi connectivity index (χ0n) is 20.1. The van der Waals surface area contributed by atoms with Gasteiger partial charge in [0.2, 0.25) is 5.95 Å². The molecule has 7 N–H and O–H groups in total. The van der Waals surface area contributed by atoms with Crippen molar-refractivity contribution in [2.75, 3.05) is 35.7 Å². The fraction of sp³-hybridized carbons (Fsp3) is 0.478. The third-order valence-electron chi connectivity index (χ3n) is 6.42. The summed E-state index contributed by atoms with van der Waals surface area (Å²) < 4.78 is 6.47. The number of fused-ring (bicyclic) bond motifs is 1. The first-order valence-electron chi connectivity index (χ1n) is 12.1. The van der Waals surface area contributed by atoms with E-state index in [1.54, 1.807) is 10.7 Å². The molecule has 1 saturated heterocycles. The van der Waals surface area contributed by atoms with Gasteiger partial charge < -0.3 is 37.1 Å². The van der Waals surface area contributed by atoms with Crippen molar-refractivity contribution in [2.45, 2.75) is 50.9 Å². The number of hydrogen-bond acceptors (Lipinski definition) is 10. The van der Waals surface area contributed by atoms with Gasteiger partial charge in [-0.1, -0.05) is 11.6 Å². The third kappa shape index (κ3) is 5.11. The second-order valence-corrected chi connectivity index (χ2v) is 9.50. The summed E-state index contributed by atoms with van der Waals surface area (Å²) in [6, 6.07) is 4.23. The topological polar surface area (TPSA) is 161 Å². The van der Waals surface area contributed by atoms with Gasteiger partial charge >= 0.3 is 6.09 Å². The molecule has 2 aliphatic rings. The van der Waals surface area contributed by atoms with Crippen LogP contribution in [-0.2, 0) is 17.8 Å². The standard InChI is InChI=1S/C23H31ClN10O2/c1-36-23(35)29-15-3-2-6-33(12-15)18-8-13(9-25)7-17(19(18)24)30-22-31-20(28-14-4-5-14)21-27-11-16(10-26)34(21)32-22/h7-8,11,14-15H,2-6,9-10,12,25-26H2,1H3,(H,29,35)(H2,28,30,31,32)/t15-/m1/s1. The van der Waals surface area contributed by atoms with Crippen molar-refractivity contribution in [2.24, 2.45) is 11.5 Å². The van der Waals surface area contributed by atoms with Crippen molar-refractivity contribution in [1.82, 2.24) is 24.9 Å². The van der Waals surface area contributed by atoms with Gasteiger partial charge in [-0.2, -0.15) is 4.98 Å². The second-order valence-electron chi connectivity index (χ2n) is 9.12. The van der Waals surface area contributed by atoms with Gasteiger partial charge in [0.15, 0.2) is 11.5 Å². The molecule has 0 radical (unpaired) electrons. The van der Waals surface area contributed by atoms with Crippen molar-refractivity contribution in [3.05, 3.63) is 34.6 Å². The van der Waals surface area contributed by atoms with Crippen LogP contribution >= 0.6 is 11.6 Å². The van der Waals surface area contributed by atoms with Crippen molar-refractivity contribution < 1.29 is 9.53 Å². The van der Waals surface area contributed by atoms with Crippen LogP contribution in [0.4, 0.5) is 27.9 Å². The van der Waals surface area contributed by atoms with Crippen LogP contribution in [0.3, 0.4) is 0 Å². The number of anilines is 4. The van der Waals surface area contributed by atoms with E-state index >= 15 is 0 Å². The molecule has 1 amide bonds. The maximum Gasteiger partial charge on any atom is 0.407 e. The molecule has 36 heavy (non-hydrogen) atoms. The van der Waals surface area contributed by atoms with Crippen LogP contribution in [0.5, 0.6) is 0 Å². The molecule has 0 bridgehead atoms. The Morgan fingerprint density at radius 3 is 2.78 bits per heavy atom. The van der Waals surface area contributed by atoms with Gasteiger partial charge in [0.05, 0.1) is 35.4 Å². The molecule has 1 saturated carbocycles. The normalized spacial score (nSPS) is 17.8. The van der Waals surface area contributed by atoms with Gasteiger partial charge in [0.25, 0.3) is 0 Å². The Morgan fingerprint density at radius 1 is 1.22 bits per heavy atom. The van der Waals surface area contributed by atoms with E-state index in [1.807, 2.05) is 12.1 Å². The second kappa shape index (κ2) is 10.3. The van der Waals surface area contributed by atoms with Gasteiger partial charge in [-0.3, -0.25) is 0 Å². The Hall–Kier alpha value is -3.35. The highest BCUT2D eigenvalue weighted by atomic mass is 35.5. The number of ether oxygens (including phenoxy) is 1. The highest BCUT2D eigenvalue weighted by Gasteiger charge is 2.26. The summed E-state index contributed by atoms with van der Waals surface area (Å²) in [5.41, 5.74) is 15.7. The highest BCUT2D eigenvalue weighted by Crippen LogP contribution is 2.37. The minimum atomic E-state index is -0.439. The number of hydrogen-bond donors (Lipinski definition) is 5. The SMILES string of the molecule is COC(=O)N[C@@H]1CCCN(c2cc(CN)cc(Nc3nc(NC4CC4)c4ncc(CN)n4n3)c2Cl)C1. The van der Waals surface area contributed by atoms with E-state index in [9.17, 15) is 4.79 Å². The monoisotopic (exact) mass is 514 g/mol. The van der Waals surface area contributed by atoms with Gasteiger partial charge in [-0.25, -0.2) is 14.3 Å². The van der Waals surface area contributed by atoms with E-state index < -0.39 is 6.09 Å². The number of carbonyl (C=O) groups excluding carboxylic acids is 1. The van der Waals surface area contributed by atoms with Crippen molar-refractivity contribution >= 4 is 46.5 Å². The molecule has 2 aromatic heterocycles. The van der Waals surface area contributed by atoms with E-state index in [1.165, 1.54) is 7.11 Å². The Bertz CT molecular complexity index is 1260. The maximum absolute atomic E-state index is 11.7. The molecule has 192 valence electrons. The number of benzene rings is 1. The average molecular weight is 515 g/mol. The predicted molar refractivity (Wildman–Crippen MR) is 139 cm³/mol. The van der Waals surface area contributed by atoms with Gasteiger partial charge in [-0.15, -0.1) is 5.10 Å². The summed E-state index contributed by atoms with van der Waals surface area (Å²) in [6.07, 6.45) is 5.23. The lowest BCUT2D eigenvalue weighted by molar-refractivity contribution is 0.165. The molecule has 1 atom stereocenters. The molecule has 12 nitrogen and oxygen atoms in total. The number of alkyl carbamates (subject to hydrolysis) is 1. The largest absolute Gasteiger partial charge is 0.453 e. The zero-order chi connectivity index (χ0) is 25.2. The number of methoxy groups -OCH3 is 1. The number of aromatic nitrogens is 4. The third-order valence-corrected chi connectivity index (χ3v) is 6.82. The molecular formula is C23H31ClN10O2. The highest BCUT2D eigenvalue weighted by molar-refractivity contribution is 6.36. The Labute approximate surface area is 213 Å². The van der Waals surface area contributed by atoms with Gasteiger partial charge in [0, 0.05) is 38.3 Å². The Morgan fingerprint density at radius 2 is 2.06 bits per heavy atom. The Kier molecular flexibility index (Phi) is 6.99. The molecule has 5 rings (SSSR count). The first-order chi connectivity index (χ1) is 17.5. The number of nitrogens with zero attached hydrogens (tertiary/aromatic N) is 5. The predicted octanol–water partition coefficient (Wildman–Crippen LogP) is 2.34. The van der Waals surface area contributed by atoms with E-state index in [0.717, 1.165) is 49.2 Å². The number of carbonyl (C=O) groups is 1. The van der Waals surface area contributed by atoms with Crippen LogP contribution in [0.1, 0.15) is 36.9 Å². The quantitative estimate of drug-likeness (QED) is 0.301. The number of piperidine rings is 1. The van der Waals surface area contributed by atoms with Crippen molar-refractivity contribution in [3.8, 4) is 0 Å². The summed E-state index contributed by atoms with van der Waals surface area (Å²) in [5, 5.41) is 14.8. The summed E-state index contributed by atoms with van der Waals surface area (Å²) >= 11 is 6.92. The molecule has 3 aromatic rings. The van der Waals surface area contributed by atoms with Crippen LogP contribution in [0.25, 0.3) is 5.65 Å². The van der Waals surface area contributed by atoms with Crippen LogP contribution in [0.15, 0.2) is 18.3 Å². The Balaban J connectivity index is 1.47. The molecule has 3 heterocycles. The molecule has 1 aromatic carbocycles. The van der Waals surface area contributed by atoms with Crippen molar-refractivity contribution in [3.63, 3.8) is 0 Å². The fourth-order valence-electron chi connectivity index (χ4n) is 4.40. The molecule has 0 unspecified atom stereocenters. The smallest absolute Gasteiger partial charge is 0.407 e. The molecule has 0 spiro atoms. The number of amides is 1. The zero-order valence-corrected chi connectivity index (χ0v) is 20.9. The minimum absolute atomic E-state index is 0.0436. The summed E-state index contributed by atoms with van der Waals surface area (Å²) in [5.74, 6) is 1.01. The van der Waals surface area contributed by atoms with Crippen molar-refractivity contribution in [1.29, 1.82) is 0 Å². The summed E-state index contributed by atoms with van der Waals surface area (Å²) in [7, 11) is 1.36. The van der Waals surface area contributed by atoms with E-state index in [-0.39, 0.29) is 6.04 Å². The molecular weight excluding hydrogens is 484 g/mol. The molecule has 1 aliphatic heterocycles. The first kappa shape index (κ1) is 24.3. The number of imidazole rings is 1. The molecule has 2 fully saturated rings. The van der Waals surface area contributed by atoms with E-state index in [2.05, 4.69) is 30.9 Å². The van der Waals surface area contributed by atoms with Gasteiger partial charge in [-0.05, 0) is 43.4 Å². The average Bonchev–Trinajstić information content (AvgIpc) is 3.61. The summed E-state index contributed by atoms with van der Waals surface area (Å²) in [4.78, 5) is 23.0. The number of rotatable bonds is 8. The molecule has 13 heteroatoms. The van der Waals surface area contributed by atoms with Crippen LogP contribution in [0, 0.1) is 0 Å². The fourth-order valence-corrected chi connectivity index (χ4v) is 4.68. The number of nitrogens with one attached hydrogen (secondary N) is 3. The van der Waals surface area contributed by atoms with Crippen LogP contribution < -0.4 is 32.3 Å². The van der Waals surface area contributed by atoms with Crippen LogP contribution in [0.2, 0.25) is 5.02 Å². The number of halogens is 1. The van der Waals surface area contributed by atoms with E-state index in [0.29, 0.717) is 53.8 Å². The summed E-state index contributed by atoms with van der Waals surface area (Å²) in [6.45, 7) is 2.04. The molecule has 1 aliphatic carbocycles. The minimum Gasteiger partial charge on any atom is -0.453 e. The lowest BCUT2D eigenvalue weighted by Gasteiger charge is -2.35. The maximum atomic E-state index is 11.7.